The summed E-state index contributed by atoms with van der Waals surface area (Å²) in [6.45, 7) is 1.07. The maximum absolute atomic E-state index is 12.1. The smallest absolute Gasteiger partial charge is 0.387 e. The first-order valence-corrected chi connectivity index (χ1v) is 7.88. The van der Waals surface area contributed by atoms with Crippen molar-refractivity contribution in [1.82, 2.24) is 5.32 Å². The van der Waals surface area contributed by atoms with Gasteiger partial charge in [-0.25, -0.2) is 0 Å². The Bertz CT molecular complexity index is 576. The number of esters is 1. The number of nitrogens with one attached hydrogen (secondary N) is 1. The molecule has 1 aromatic carbocycles. The van der Waals surface area contributed by atoms with E-state index in [1.54, 1.807) is 19.1 Å². The van der Waals surface area contributed by atoms with E-state index in [0.29, 0.717) is 11.5 Å². The molecule has 0 radical (unpaired) electrons. The third kappa shape index (κ3) is 5.47. The Kier molecular flexibility index (Phi) is 6.11. The lowest BCUT2D eigenvalue weighted by atomic mass is 10.1. The summed E-state index contributed by atoms with van der Waals surface area (Å²) in [6.07, 6.45) is 0.472. The molecule has 24 heavy (non-hydrogen) atoms. The van der Waals surface area contributed by atoms with E-state index in [2.05, 4.69) is 10.1 Å². The average molecular weight is 341 g/mol. The van der Waals surface area contributed by atoms with Crippen LogP contribution < -0.4 is 10.1 Å². The number of halogens is 2. The molecule has 0 aliphatic heterocycles. The number of rotatable bonds is 8. The van der Waals surface area contributed by atoms with Gasteiger partial charge in [-0.05, 0) is 37.0 Å². The molecule has 7 heteroatoms. The van der Waals surface area contributed by atoms with Gasteiger partial charge in [0.05, 0.1) is 6.42 Å². The highest BCUT2D eigenvalue weighted by Gasteiger charge is 2.38. The molecule has 1 fully saturated rings. The molecule has 1 aliphatic rings. The standard InChI is InChI=1S/C17H21F2NO4/c1-10-9-14(10)16(22)20-8-7-15(21)23-11(2)12-3-5-13(6-4-12)24-17(18)19/h3-6,10-11,14,17H,7-9H2,1-2H3,(H,20,22). The maximum atomic E-state index is 12.1. The maximum Gasteiger partial charge on any atom is 0.387 e. The zero-order valence-corrected chi connectivity index (χ0v) is 13.6. The van der Waals surface area contributed by atoms with E-state index in [4.69, 9.17) is 4.74 Å². The summed E-state index contributed by atoms with van der Waals surface area (Å²) in [4.78, 5) is 23.4. The quantitative estimate of drug-likeness (QED) is 0.738. The van der Waals surface area contributed by atoms with E-state index in [0.717, 1.165) is 6.42 Å². The van der Waals surface area contributed by atoms with Crippen LogP contribution in [0.2, 0.25) is 0 Å². The van der Waals surface area contributed by atoms with Gasteiger partial charge in [0.15, 0.2) is 0 Å². The van der Waals surface area contributed by atoms with Gasteiger partial charge in [0, 0.05) is 12.5 Å². The van der Waals surface area contributed by atoms with Gasteiger partial charge in [-0.2, -0.15) is 8.78 Å². The Balaban J connectivity index is 1.71. The van der Waals surface area contributed by atoms with E-state index < -0.39 is 18.7 Å². The third-order valence-electron chi connectivity index (χ3n) is 3.96. The number of alkyl halides is 2. The largest absolute Gasteiger partial charge is 0.458 e. The fourth-order valence-electron chi connectivity index (χ4n) is 2.35. The summed E-state index contributed by atoms with van der Waals surface area (Å²) in [6, 6.07) is 5.91. The number of hydrogen-bond donors (Lipinski definition) is 1. The Morgan fingerprint density at radius 2 is 1.92 bits per heavy atom. The van der Waals surface area contributed by atoms with Crippen molar-refractivity contribution in [1.29, 1.82) is 0 Å². The van der Waals surface area contributed by atoms with E-state index in [-0.39, 0.29) is 30.5 Å². The minimum absolute atomic E-state index is 0.0158. The van der Waals surface area contributed by atoms with Crippen LogP contribution in [-0.2, 0) is 14.3 Å². The number of benzene rings is 1. The second-order valence-corrected chi connectivity index (χ2v) is 5.94. The molecular formula is C17H21F2NO4. The Morgan fingerprint density at radius 3 is 2.46 bits per heavy atom. The molecule has 0 aromatic heterocycles. The van der Waals surface area contributed by atoms with Crippen molar-refractivity contribution in [3.63, 3.8) is 0 Å². The van der Waals surface area contributed by atoms with Crippen LogP contribution in [0.5, 0.6) is 5.75 Å². The molecule has 0 spiro atoms. The molecule has 0 heterocycles. The summed E-state index contributed by atoms with van der Waals surface area (Å²) in [5.74, 6) is 0.102. The van der Waals surface area contributed by atoms with Crippen LogP contribution in [0.3, 0.4) is 0 Å². The predicted molar refractivity (Wildman–Crippen MR) is 82.5 cm³/mol. The van der Waals surface area contributed by atoms with Gasteiger partial charge in [0.25, 0.3) is 0 Å². The minimum atomic E-state index is -2.88. The van der Waals surface area contributed by atoms with Gasteiger partial charge in [-0.3, -0.25) is 9.59 Å². The van der Waals surface area contributed by atoms with E-state index in [1.165, 1.54) is 12.1 Å². The molecule has 1 saturated carbocycles. The molecule has 1 aliphatic carbocycles. The second kappa shape index (κ2) is 8.08. The predicted octanol–water partition coefficient (Wildman–Crippen LogP) is 3.05. The average Bonchev–Trinajstić information content (AvgIpc) is 3.24. The normalized spacial score (nSPS) is 20.4. The highest BCUT2D eigenvalue weighted by atomic mass is 19.3. The summed E-state index contributed by atoms with van der Waals surface area (Å²) in [5, 5.41) is 2.72. The lowest BCUT2D eigenvalue weighted by Gasteiger charge is -2.14. The molecule has 1 aromatic rings. The second-order valence-electron chi connectivity index (χ2n) is 5.94. The molecule has 1 N–H and O–H groups in total. The fourth-order valence-corrected chi connectivity index (χ4v) is 2.35. The lowest BCUT2D eigenvalue weighted by Crippen LogP contribution is -2.28. The molecular weight excluding hydrogens is 320 g/mol. The summed E-state index contributed by atoms with van der Waals surface area (Å²) < 4.78 is 33.7. The monoisotopic (exact) mass is 341 g/mol. The van der Waals surface area contributed by atoms with Gasteiger partial charge in [0.2, 0.25) is 5.91 Å². The van der Waals surface area contributed by atoms with Crippen LogP contribution >= 0.6 is 0 Å². The van der Waals surface area contributed by atoms with Crippen molar-refractivity contribution in [2.24, 2.45) is 11.8 Å². The molecule has 132 valence electrons. The topological polar surface area (TPSA) is 64.6 Å². The lowest BCUT2D eigenvalue weighted by molar-refractivity contribution is -0.148. The zero-order chi connectivity index (χ0) is 17.7. The highest BCUT2D eigenvalue weighted by molar-refractivity contribution is 5.82. The van der Waals surface area contributed by atoms with Gasteiger partial charge in [-0.1, -0.05) is 19.1 Å². The zero-order valence-electron chi connectivity index (χ0n) is 13.6. The van der Waals surface area contributed by atoms with Crippen LogP contribution in [0.15, 0.2) is 24.3 Å². The first kappa shape index (κ1) is 18.2. The SMILES string of the molecule is CC(OC(=O)CCNC(=O)C1CC1C)c1ccc(OC(F)F)cc1. The highest BCUT2D eigenvalue weighted by Crippen LogP contribution is 2.37. The van der Waals surface area contributed by atoms with Crippen LogP contribution in [0, 0.1) is 11.8 Å². The van der Waals surface area contributed by atoms with Gasteiger partial charge < -0.3 is 14.8 Å². The molecule has 0 saturated heterocycles. The van der Waals surface area contributed by atoms with Crippen LogP contribution in [-0.4, -0.2) is 25.0 Å². The minimum Gasteiger partial charge on any atom is -0.458 e. The Labute approximate surface area is 139 Å². The number of amides is 1. The first-order chi connectivity index (χ1) is 11.4. The van der Waals surface area contributed by atoms with Crippen molar-refractivity contribution in [2.45, 2.75) is 39.4 Å². The number of ether oxygens (including phenoxy) is 2. The van der Waals surface area contributed by atoms with Gasteiger partial charge >= 0.3 is 12.6 Å². The van der Waals surface area contributed by atoms with E-state index >= 15 is 0 Å². The third-order valence-corrected chi connectivity index (χ3v) is 3.96. The first-order valence-electron chi connectivity index (χ1n) is 7.88. The number of hydrogen-bond acceptors (Lipinski definition) is 4. The number of carbonyl (C=O) groups excluding carboxylic acids is 2. The van der Waals surface area contributed by atoms with Crippen molar-refractivity contribution in [2.75, 3.05) is 6.54 Å². The molecule has 3 atom stereocenters. The van der Waals surface area contributed by atoms with Crippen LogP contribution in [0.25, 0.3) is 0 Å². The Hall–Kier alpha value is -2.18. The van der Waals surface area contributed by atoms with Crippen molar-refractivity contribution >= 4 is 11.9 Å². The van der Waals surface area contributed by atoms with Crippen LogP contribution in [0.4, 0.5) is 8.78 Å². The summed E-state index contributed by atoms with van der Waals surface area (Å²) in [5.41, 5.74) is 0.667. The Morgan fingerprint density at radius 1 is 1.29 bits per heavy atom. The number of carbonyl (C=O) groups is 2. The molecule has 5 nitrogen and oxygen atoms in total. The van der Waals surface area contributed by atoms with Crippen molar-refractivity contribution in [3.05, 3.63) is 29.8 Å². The van der Waals surface area contributed by atoms with Crippen molar-refractivity contribution in [3.8, 4) is 5.75 Å². The van der Waals surface area contributed by atoms with Crippen molar-refractivity contribution < 1.29 is 27.8 Å². The van der Waals surface area contributed by atoms with E-state index in [1.807, 2.05) is 6.92 Å². The van der Waals surface area contributed by atoms with Gasteiger partial charge in [0.1, 0.15) is 11.9 Å². The summed E-state index contributed by atoms with van der Waals surface area (Å²) >= 11 is 0. The fraction of sp³-hybridized carbons (Fsp3) is 0.529. The molecule has 0 bridgehead atoms. The van der Waals surface area contributed by atoms with Crippen LogP contribution in [0.1, 0.15) is 38.4 Å². The molecule has 3 unspecified atom stereocenters. The van der Waals surface area contributed by atoms with Gasteiger partial charge in [-0.15, -0.1) is 0 Å². The molecule has 2 rings (SSSR count). The molecule has 1 amide bonds. The summed E-state index contributed by atoms with van der Waals surface area (Å²) in [7, 11) is 0. The van der Waals surface area contributed by atoms with E-state index in [9.17, 15) is 18.4 Å².